The topological polar surface area (TPSA) is 71.3 Å². The van der Waals surface area contributed by atoms with E-state index in [0.29, 0.717) is 5.69 Å². The number of aryl methyl sites for hydroxylation is 1. The molecule has 0 radical (unpaired) electrons. The zero-order chi connectivity index (χ0) is 11.9. The summed E-state index contributed by atoms with van der Waals surface area (Å²) in [7, 11) is 1.48. The van der Waals surface area contributed by atoms with Crippen LogP contribution in [0, 0.1) is 6.92 Å². The molecule has 1 fully saturated rings. The first-order chi connectivity index (χ1) is 7.56. The van der Waals surface area contributed by atoms with Crippen LogP contribution in [0.1, 0.15) is 35.1 Å². The van der Waals surface area contributed by atoms with Crippen molar-refractivity contribution in [2.45, 2.75) is 25.8 Å². The molecule has 0 spiro atoms. The Morgan fingerprint density at radius 3 is 2.69 bits per heavy atom. The molecule has 5 nitrogen and oxygen atoms in total. The summed E-state index contributed by atoms with van der Waals surface area (Å²) >= 11 is 0. The SMILES string of the molecule is CNC(=O)c1c(O)c(=O)cc(C)n1C1CC1. The minimum atomic E-state index is -0.506. The third-order valence-electron chi connectivity index (χ3n) is 2.77. The van der Waals surface area contributed by atoms with Gasteiger partial charge in [-0.15, -0.1) is 0 Å². The second-order valence-electron chi connectivity index (χ2n) is 4.03. The van der Waals surface area contributed by atoms with Gasteiger partial charge in [0.15, 0.2) is 11.4 Å². The molecular formula is C11H14N2O3. The highest BCUT2D eigenvalue weighted by Crippen LogP contribution is 2.37. The number of carbonyl (C=O) groups excluding carboxylic acids is 1. The van der Waals surface area contributed by atoms with Crippen LogP contribution in [-0.4, -0.2) is 22.6 Å². The van der Waals surface area contributed by atoms with E-state index in [1.807, 2.05) is 0 Å². The van der Waals surface area contributed by atoms with Gasteiger partial charge in [-0.25, -0.2) is 0 Å². The van der Waals surface area contributed by atoms with Gasteiger partial charge >= 0.3 is 0 Å². The van der Waals surface area contributed by atoms with Gasteiger partial charge in [0.05, 0.1) is 0 Å². The molecular weight excluding hydrogens is 208 g/mol. The molecule has 0 aromatic carbocycles. The molecule has 1 saturated carbocycles. The maximum absolute atomic E-state index is 11.7. The molecule has 1 amide bonds. The number of amides is 1. The molecule has 0 atom stereocenters. The average molecular weight is 222 g/mol. The van der Waals surface area contributed by atoms with E-state index in [1.54, 1.807) is 11.5 Å². The Bertz CT molecular complexity index is 501. The van der Waals surface area contributed by atoms with Crippen molar-refractivity contribution in [3.8, 4) is 5.75 Å². The Balaban J connectivity index is 2.70. The number of carbonyl (C=O) groups is 1. The molecule has 0 aliphatic heterocycles. The van der Waals surface area contributed by atoms with Crippen molar-refractivity contribution in [2.24, 2.45) is 0 Å². The Morgan fingerprint density at radius 2 is 2.19 bits per heavy atom. The van der Waals surface area contributed by atoms with Gasteiger partial charge in [0.2, 0.25) is 5.43 Å². The summed E-state index contributed by atoms with van der Waals surface area (Å²) in [4.78, 5) is 23.1. The molecule has 0 unspecified atom stereocenters. The summed E-state index contributed by atoms with van der Waals surface area (Å²) in [5.41, 5.74) is 0.284. The Hall–Kier alpha value is -1.78. The summed E-state index contributed by atoms with van der Waals surface area (Å²) in [6.07, 6.45) is 1.96. The normalized spacial score (nSPS) is 14.9. The van der Waals surface area contributed by atoms with Gasteiger partial charge in [-0.1, -0.05) is 0 Å². The lowest BCUT2D eigenvalue weighted by molar-refractivity contribution is 0.0948. The molecule has 16 heavy (non-hydrogen) atoms. The second-order valence-corrected chi connectivity index (χ2v) is 4.03. The van der Waals surface area contributed by atoms with E-state index in [-0.39, 0.29) is 11.7 Å². The average Bonchev–Trinajstić information content (AvgIpc) is 3.05. The van der Waals surface area contributed by atoms with Crippen molar-refractivity contribution in [1.29, 1.82) is 0 Å². The number of pyridine rings is 1. The van der Waals surface area contributed by atoms with Gasteiger partial charge in [-0.2, -0.15) is 0 Å². The fourth-order valence-corrected chi connectivity index (χ4v) is 1.87. The maximum Gasteiger partial charge on any atom is 0.271 e. The number of hydrogen-bond donors (Lipinski definition) is 2. The van der Waals surface area contributed by atoms with Crippen molar-refractivity contribution in [3.05, 3.63) is 27.7 Å². The molecule has 2 rings (SSSR count). The van der Waals surface area contributed by atoms with Gasteiger partial charge in [-0.05, 0) is 19.8 Å². The Morgan fingerprint density at radius 1 is 1.56 bits per heavy atom. The minimum Gasteiger partial charge on any atom is -0.503 e. The third-order valence-corrected chi connectivity index (χ3v) is 2.77. The summed E-state index contributed by atoms with van der Waals surface area (Å²) in [6.45, 7) is 1.77. The summed E-state index contributed by atoms with van der Waals surface area (Å²) in [5, 5.41) is 12.1. The maximum atomic E-state index is 11.7. The first-order valence-electron chi connectivity index (χ1n) is 5.23. The van der Waals surface area contributed by atoms with Crippen LogP contribution in [0.3, 0.4) is 0 Å². The first kappa shape index (κ1) is 10.7. The van der Waals surface area contributed by atoms with E-state index in [9.17, 15) is 14.7 Å². The van der Waals surface area contributed by atoms with Crippen LogP contribution in [0.4, 0.5) is 0 Å². The van der Waals surface area contributed by atoms with E-state index in [1.165, 1.54) is 13.1 Å². The third kappa shape index (κ3) is 1.58. The zero-order valence-corrected chi connectivity index (χ0v) is 9.28. The molecule has 1 aromatic heterocycles. The van der Waals surface area contributed by atoms with Crippen molar-refractivity contribution < 1.29 is 9.90 Å². The predicted octanol–water partition coefficient (Wildman–Crippen LogP) is 0.557. The van der Waals surface area contributed by atoms with E-state index >= 15 is 0 Å². The van der Waals surface area contributed by atoms with Crippen LogP contribution < -0.4 is 10.7 Å². The number of nitrogens with one attached hydrogen (secondary N) is 1. The molecule has 1 aliphatic rings. The van der Waals surface area contributed by atoms with Gasteiger partial charge in [-0.3, -0.25) is 9.59 Å². The van der Waals surface area contributed by atoms with E-state index < -0.39 is 17.1 Å². The number of aromatic hydroxyl groups is 1. The van der Waals surface area contributed by atoms with Crippen LogP contribution in [0.15, 0.2) is 10.9 Å². The molecule has 1 aliphatic carbocycles. The predicted molar refractivity (Wildman–Crippen MR) is 58.8 cm³/mol. The fraction of sp³-hybridized carbons (Fsp3) is 0.455. The standard InChI is InChI=1S/C11H14N2O3/c1-6-5-8(14)10(15)9(11(16)12-2)13(6)7-3-4-7/h5,7,15H,3-4H2,1-2H3,(H,12,16). The van der Waals surface area contributed by atoms with Crippen LogP contribution in [0.25, 0.3) is 0 Å². The van der Waals surface area contributed by atoms with Gasteiger partial charge in [0.1, 0.15) is 0 Å². The highest BCUT2D eigenvalue weighted by atomic mass is 16.3. The number of rotatable bonds is 2. The summed E-state index contributed by atoms with van der Waals surface area (Å²) in [5.74, 6) is -0.887. The van der Waals surface area contributed by atoms with E-state index in [4.69, 9.17) is 0 Å². The van der Waals surface area contributed by atoms with Gasteiger partial charge in [0, 0.05) is 24.8 Å². The highest BCUT2D eigenvalue weighted by Gasteiger charge is 2.30. The van der Waals surface area contributed by atoms with Crippen molar-refractivity contribution in [1.82, 2.24) is 9.88 Å². The monoisotopic (exact) mass is 222 g/mol. The van der Waals surface area contributed by atoms with Crippen LogP contribution in [0.2, 0.25) is 0 Å². The number of nitrogens with zero attached hydrogens (tertiary/aromatic N) is 1. The molecule has 1 aromatic rings. The number of hydrogen-bond acceptors (Lipinski definition) is 3. The Labute approximate surface area is 92.7 Å². The molecule has 0 saturated heterocycles. The highest BCUT2D eigenvalue weighted by molar-refractivity contribution is 5.95. The summed E-state index contributed by atoms with van der Waals surface area (Å²) in [6, 6.07) is 1.60. The van der Waals surface area contributed by atoms with Gasteiger partial charge in [0.25, 0.3) is 5.91 Å². The quantitative estimate of drug-likeness (QED) is 0.768. The molecule has 86 valence electrons. The molecule has 2 N–H and O–H groups in total. The van der Waals surface area contributed by atoms with Gasteiger partial charge < -0.3 is 15.0 Å². The fourth-order valence-electron chi connectivity index (χ4n) is 1.87. The summed E-state index contributed by atoms with van der Waals surface area (Å²) < 4.78 is 1.75. The lowest BCUT2D eigenvalue weighted by Crippen LogP contribution is -2.26. The van der Waals surface area contributed by atoms with E-state index in [0.717, 1.165) is 12.8 Å². The zero-order valence-electron chi connectivity index (χ0n) is 9.28. The van der Waals surface area contributed by atoms with Crippen molar-refractivity contribution >= 4 is 5.91 Å². The van der Waals surface area contributed by atoms with Crippen LogP contribution in [-0.2, 0) is 0 Å². The largest absolute Gasteiger partial charge is 0.503 e. The Kier molecular flexibility index (Phi) is 2.46. The van der Waals surface area contributed by atoms with E-state index in [2.05, 4.69) is 5.32 Å². The van der Waals surface area contributed by atoms with Crippen LogP contribution in [0.5, 0.6) is 5.75 Å². The second kappa shape index (κ2) is 3.66. The first-order valence-corrected chi connectivity index (χ1v) is 5.23. The lowest BCUT2D eigenvalue weighted by atomic mass is 10.2. The van der Waals surface area contributed by atoms with Crippen LogP contribution >= 0.6 is 0 Å². The molecule has 0 bridgehead atoms. The smallest absolute Gasteiger partial charge is 0.271 e. The lowest BCUT2D eigenvalue weighted by Gasteiger charge is -2.15. The number of aromatic nitrogens is 1. The molecule has 1 heterocycles. The van der Waals surface area contributed by atoms with Crippen molar-refractivity contribution in [3.63, 3.8) is 0 Å². The minimum absolute atomic E-state index is 0.0787. The molecule has 5 heteroatoms. The van der Waals surface area contributed by atoms with Crippen molar-refractivity contribution in [2.75, 3.05) is 7.05 Å².